The molecule has 0 radical (unpaired) electrons. The molecule has 3 nitrogen and oxygen atoms in total. The topological polar surface area (TPSA) is 38.2 Å². The van der Waals surface area contributed by atoms with Crippen LogP contribution in [0.3, 0.4) is 0 Å². The van der Waals surface area contributed by atoms with Crippen LogP contribution >= 0.6 is 0 Å². The molecule has 1 atom stereocenters. The van der Waals surface area contributed by atoms with E-state index in [-0.39, 0.29) is 72.0 Å². The minimum atomic E-state index is -4.21. The second-order valence-electron chi connectivity index (χ2n) is 2.92. The molecule has 0 spiro atoms. The molecule has 1 aliphatic rings. The van der Waals surface area contributed by atoms with Gasteiger partial charge in [0, 0.05) is 13.1 Å². The van der Waals surface area contributed by atoms with Gasteiger partial charge >= 0.3 is 27.9 Å². The Morgan fingerprint density at radius 3 is 2.00 bits per heavy atom. The molecule has 0 aromatic carbocycles. The Hall–Kier alpha value is 1.25. The smallest absolute Gasteiger partial charge is 1.00 e. The second kappa shape index (κ2) is 13.7. The molecular formula is C7H13Cl3F3N3Ti. The van der Waals surface area contributed by atoms with Crippen molar-refractivity contribution < 1.29 is 72.1 Å². The predicted octanol–water partition coefficient (Wildman–Crippen LogP) is -8.51. The van der Waals surface area contributed by atoms with Gasteiger partial charge in [-0.3, -0.25) is 0 Å². The zero-order valence-electron chi connectivity index (χ0n) is 8.83. The van der Waals surface area contributed by atoms with E-state index >= 15 is 0 Å². The number of nitrogens with zero attached hydrogens (tertiary/aromatic N) is 1. The summed E-state index contributed by atoms with van der Waals surface area (Å²) in [7, 11) is 0. The van der Waals surface area contributed by atoms with Crippen molar-refractivity contribution in [2.45, 2.75) is 12.2 Å². The fraction of sp³-hybridized carbons (Fsp3) is 1.00. The van der Waals surface area contributed by atoms with Crippen LogP contribution < -0.4 is 47.9 Å². The summed E-state index contributed by atoms with van der Waals surface area (Å²) >= 11 is 0. The normalized spacial score (nSPS) is 21.0. The summed E-state index contributed by atoms with van der Waals surface area (Å²) in [6, 6.07) is -1.55. The zero-order valence-corrected chi connectivity index (χ0v) is 12.7. The average molecular weight is 350 g/mol. The minimum absolute atomic E-state index is 0. The van der Waals surface area contributed by atoms with E-state index in [1.807, 2.05) is 0 Å². The number of hydrogen-bond donors (Lipinski definition) is 2. The van der Waals surface area contributed by atoms with Gasteiger partial charge in [0.05, 0.1) is 0 Å². The van der Waals surface area contributed by atoms with Gasteiger partial charge in [0.1, 0.15) is 0 Å². The Balaban J connectivity index is -0.000000211. The summed E-state index contributed by atoms with van der Waals surface area (Å²) in [5.41, 5.74) is 0. The number of nitrogens with one attached hydrogen (secondary N) is 2. The summed E-state index contributed by atoms with van der Waals surface area (Å²) in [6.07, 6.45) is -4.21. The van der Waals surface area contributed by atoms with Gasteiger partial charge in [-0.05, 0) is 19.1 Å². The van der Waals surface area contributed by atoms with Crippen molar-refractivity contribution in [1.29, 1.82) is 0 Å². The molecule has 0 bridgehead atoms. The standard InChI is InChI=1S/C7H13F3N3.3ClH.Ti/c8-7(9,10)6-5-12-2-1-11-3-4-13-6;;;;/h6,11-12H,1-5H2;3*1H;/q-1;;;;+4/p-3. The molecule has 1 aliphatic heterocycles. The van der Waals surface area contributed by atoms with Gasteiger partial charge in [0.2, 0.25) is 0 Å². The van der Waals surface area contributed by atoms with E-state index in [0.717, 1.165) is 0 Å². The first-order valence-corrected chi connectivity index (χ1v) is 4.25. The molecule has 102 valence electrons. The molecule has 0 aromatic rings. The van der Waals surface area contributed by atoms with Crippen molar-refractivity contribution in [1.82, 2.24) is 10.6 Å². The third kappa shape index (κ3) is 12.0. The van der Waals surface area contributed by atoms with Crippen molar-refractivity contribution in [3.05, 3.63) is 5.32 Å². The van der Waals surface area contributed by atoms with Crippen LogP contribution in [0.4, 0.5) is 13.2 Å². The van der Waals surface area contributed by atoms with Crippen LogP contribution in [0.1, 0.15) is 0 Å². The summed E-state index contributed by atoms with van der Waals surface area (Å²) in [6.45, 7) is 1.90. The van der Waals surface area contributed by atoms with Gasteiger partial charge in [-0.25, -0.2) is 0 Å². The van der Waals surface area contributed by atoms with Gasteiger partial charge in [-0.2, -0.15) is 13.2 Å². The van der Waals surface area contributed by atoms with Crippen LogP contribution in [0, 0.1) is 0 Å². The first-order valence-electron chi connectivity index (χ1n) is 4.25. The molecule has 1 fully saturated rings. The van der Waals surface area contributed by atoms with E-state index in [1.165, 1.54) is 0 Å². The first kappa shape index (κ1) is 26.7. The number of rotatable bonds is 0. The molecule has 0 saturated carbocycles. The third-order valence-electron chi connectivity index (χ3n) is 1.83. The van der Waals surface area contributed by atoms with Gasteiger partial charge in [-0.1, -0.05) is 0 Å². The summed E-state index contributed by atoms with van der Waals surface area (Å²) in [5, 5.41) is 9.25. The Kier molecular flexibility index (Phi) is 21.5. The molecule has 1 unspecified atom stereocenters. The number of halogens is 6. The predicted molar refractivity (Wildman–Crippen MR) is 43.8 cm³/mol. The van der Waals surface area contributed by atoms with Crippen molar-refractivity contribution in [2.75, 3.05) is 32.7 Å². The maximum atomic E-state index is 12.2. The summed E-state index contributed by atoms with van der Waals surface area (Å²) in [4.78, 5) is 0. The van der Waals surface area contributed by atoms with E-state index in [4.69, 9.17) is 0 Å². The molecule has 0 aliphatic carbocycles. The van der Waals surface area contributed by atoms with Crippen molar-refractivity contribution in [2.24, 2.45) is 0 Å². The van der Waals surface area contributed by atoms with Crippen LogP contribution in [-0.4, -0.2) is 44.9 Å². The van der Waals surface area contributed by atoms with Crippen molar-refractivity contribution in [3.8, 4) is 0 Å². The Bertz CT molecular complexity index is 155. The minimum Gasteiger partial charge on any atom is -1.00 e. The maximum Gasteiger partial charge on any atom is 4.00 e. The zero-order chi connectivity index (χ0) is 9.73. The second-order valence-corrected chi connectivity index (χ2v) is 2.92. The molecule has 10 heteroatoms. The van der Waals surface area contributed by atoms with Crippen molar-refractivity contribution >= 4 is 0 Å². The molecular weight excluding hydrogens is 337 g/mol. The largest absolute Gasteiger partial charge is 4.00 e. The quantitative estimate of drug-likeness (QED) is 0.426. The average Bonchev–Trinajstić information content (AvgIpc) is 2.14. The van der Waals surface area contributed by atoms with E-state index in [1.54, 1.807) is 0 Å². The maximum absolute atomic E-state index is 12.2. The monoisotopic (exact) mass is 349 g/mol. The molecule has 17 heavy (non-hydrogen) atoms. The Morgan fingerprint density at radius 1 is 0.941 bits per heavy atom. The SMILES string of the molecule is FC(F)(F)C1CNCCNCC[N-]1.[Cl-].[Cl-].[Cl-].[Ti+4]. The van der Waals surface area contributed by atoms with Crippen LogP contribution in [0.15, 0.2) is 0 Å². The van der Waals surface area contributed by atoms with Gasteiger partial charge in [0.15, 0.2) is 0 Å². The van der Waals surface area contributed by atoms with Crippen molar-refractivity contribution in [3.63, 3.8) is 0 Å². The Labute approximate surface area is 133 Å². The molecule has 1 heterocycles. The van der Waals surface area contributed by atoms with Gasteiger partial charge in [-0.15, -0.1) is 6.54 Å². The van der Waals surface area contributed by atoms with Crippen LogP contribution in [0.5, 0.6) is 0 Å². The molecule has 0 amide bonds. The fourth-order valence-corrected chi connectivity index (χ4v) is 1.12. The fourth-order valence-electron chi connectivity index (χ4n) is 1.12. The summed E-state index contributed by atoms with van der Waals surface area (Å²) < 4.78 is 36.7. The van der Waals surface area contributed by atoms with E-state index < -0.39 is 12.2 Å². The van der Waals surface area contributed by atoms with Gasteiger partial charge < -0.3 is 53.2 Å². The van der Waals surface area contributed by atoms with E-state index in [2.05, 4.69) is 16.0 Å². The van der Waals surface area contributed by atoms with Crippen LogP contribution in [0.2, 0.25) is 0 Å². The van der Waals surface area contributed by atoms with E-state index in [9.17, 15) is 13.2 Å². The molecule has 0 aromatic heterocycles. The number of alkyl halides is 3. The van der Waals surface area contributed by atoms with Gasteiger partial charge in [0.25, 0.3) is 0 Å². The molecule has 1 rings (SSSR count). The van der Waals surface area contributed by atoms with Crippen LogP contribution in [-0.2, 0) is 21.7 Å². The number of hydrogen-bond acceptors (Lipinski definition) is 2. The molecule has 1 saturated heterocycles. The van der Waals surface area contributed by atoms with Crippen LogP contribution in [0.25, 0.3) is 5.32 Å². The van der Waals surface area contributed by atoms with E-state index in [0.29, 0.717) is 19.6 Å². The third-order valence-corrected chi connectivity index (χ3v) is 1.83. The first-order chi connectivity index (χ1) is 6.11. The molecule has 2 N–H and O–H groups in total. The summed E-state index contributed by atoms with van der Waals surface area (Å²) in [5.74, 6) is 0. The Morgan fingerprint density at radius 2 is 1.47 bits per heavy atom.